The van der Waals surface area contributed by atoms with Crippen molar-refractivity contribution < 1.29 is 31.1 Å². The Hall–Kier alpha value is -4.00. The molecule has 0 bridgehead atoms. The number of aromatic nitrogens is 4. The van der Waals surface area contributed by atoms with Crippen LogP contribution in [0.5, 0.6) is 5.75 Å². The first-order chi connectivity index (χ1) is 17.0. The molecule has 0 aliphatic rings. The van der Waals surface area contributed by atoms with E-state index < -0.39 is 34.2 Å². The minimum Gasteiger partial charge on any atom is -0.435 e. The van der Waals surface area contributed by atoms with Gasteiger partial charge in [0.1, 0.15) is 15.6 Å². The van der Waals surface area contributed by atoms with Crippen LogP contribution in [0.15, 0.2) is 55.1 Å². The summed E-state index contributed by atoms with van der Waals surface area (Å²) in [6.45, 7) is -1.44. The second-order valence-corrected chi connectivity index (χ2v) is 10.3. The molecule has 188 valence electrons. The second kappa shape index (κ2) is 9.93. The Morgan fingerprint density at radius 2 is 1.86 bits per heavy atom. The van der Waals surface area contributed by atoms with Crippen LogP contribution in [0.1, 0.15) is 17.3 Å². The molecule has 1 N–H and O–H groups in total. The topological polar surface area (TPSA) is 116 Å². The molecule has 0 saturated heterocycles. The monoisotopic (exact) mass is 519 g/mol. The summed E-state index contributed by atoms with van der Waals surface area (Å²) in [6.07, 6.45) is 5.91. The molecule has 9 nitrogen and oxygen atoms in total. The van der Waals surface area contributed by atoms with Crippen molar-refractivity contribution >= 4 is 26.8 Å². The maximum absolute atomic E-state index is 13.4. The van der Waals surface area contributed by atoms with Crippen LogP contribution < -0.4 is 10.1 Å². The molecule has 1 amide bonds. The summed E-state index contributed by atoms with van der Waals surface area (Å²) in [5.41, 5.74) is 1.88. The molecule has 1 unspecified atom stereocenters. The number of benzene rings is 1. The zero-order valence-corrected chi connectivity index (χ0v) is 19.8. The van der Waals surface area contributed by atoms with Gasteiger partial charge in [-0.3, -0.25) is 14.3 Å². The van der Waals surface area contributed by atoms with Crippen LogP contribution in [0.3, 0.4) is 0 Å². The van der Waals surface area contributed by atoms with Crippen LogP contribution in [0, 0.1) is 5.82 Å². The predicted octanol–water partition coefficient (Wildman–Crippen LogP) is 3.39. The minimum atomic E-state index is -3.31. The van der Waals surface area contributed by atoms with E-state index in [1.54, 1.807) is 19.2 Å². The number of carbonyl (C=O) groups excluding carboxylic acids is 1. The SMILES string of the molecule is CC(CS(C)(=O)=O)NC(=O)c1cnc2c(-c3cccc(OC(F)F)c3)cn(-c3ncc(F)cn3)c2c1. The minimum absolute atomic E-state index is 0.0581. The van der Waals surface area contributed by atoms with Crippen molar-refractivity contribution in [1.29, 1.82) is 0 Å². The van der Waals surface area contributed by atoms with Gasteiger partial charge in [0.25, 0.3) is 5.91 Å². The van der Waals surface area contributed by atoms with Crippen LogP contribution in [-0.2, 0) is 9.84 Å². The number of rotatable bonds is 8. The van der Waals surface area contributed by atoms with Gasteiger partial charge in [0.2, 0.25) is 5.95 Å². The summed E-state index contributed by atoms with van der Waals surface area (Å²) in [4.78, 5) is 25.1. The first kappa shape index (κ1) is 25.1. The number of nitrogens with one attached hydrogen (secondary N) is 1. The Morgan fingerprint density at radius 1 is 1.14 bits per heavy atom. The molecule has 3 aromatic heterocycles. The van der Waals surface area contributed by atoms with Crippen LogP contribution in [-0.4, -0.2) is 58.5 Å². The van der Waals surface area contributed by atoms with Crippen molar-refractivity contribution in [3.8, 4) is 22.8 Å². The van der Waals surface area contributed by atoms with Crippen molar-refractivity contribution in [3.05, 3.63) is 66.5 Å². The Labute approximate surface area is 203 Å². The fourth-order valence-electron chi connectivity index (χ4n) is 3.68. The number of hydrogen-bond acceptors (Lipinski definition) is 7. The standard InChI is InChI=1S/C23H20F3N5O4S/c1-13(12-36(2,33)34)30-21(32)15-7-19-20(27-8-15)18(11-31(19)23-28-9-16(24)10-29-23)14-4-3-5-17(6-14)35-22(25)26/h3-11,13,22H,12H2,1-2H3,(H,30,32). The second-order valence-electron chi connectivity index (χ2n) is 8.08. The van der Waals surface area contributed by atoms with E-state index in [4.69, 9.17) is 0 Å². The Morgan fingerprint density at radius 3 is 2.53 bits per heavy atom. The molecule has 0 spiro atoms. The first-order valence-corrected chi connectivity index (χ1v) is 12.6. The van der Waals surface area contributed by atoms with E-state index in [-0.39, 0.29) is 23.0 Å². The highest BCUT2D eigenvalue weighted by Crippen LogP contribution is 2.33. The molecule has 36 heavy (non-hydrogen) atoms. The van der Waals surface area contributed by atoms with Gasteiger partial charge < -0.3 is 10.1 Å². The lowest BCUT2D eigenvalue weighted by atomic mass is 10.1. The molecular weight excluding hydrogens is 499 g/mol. The summed E-state index contributed by atoms with van der Waals surface area (Å²) < 4.78 is 67.9. The highest BCUT2D eigenvalue weighted by molar-refractivity contribution is 7.90. The van der Waals surface area contributed by atoms with Crippen LogP contribution in [0.25, 0.3) is 28.1 Å². The molecule has 1 aromatic carbocycles. The molecule has 0 aliphatic heterocycles. The van der Waals surface area contributed by atoms with Gasteiger partial charge >= 0.3 is 6.61 Å². The highest BCUT2D eigenvalue weighted by Gasteiger charge is 2.20. The summed E-state index contributed by atoms with van der Waals surface area (Å²) in [6, 6.07) is 6.84. The fraction of sp³-hybridized carbons (Fsp3) is 0.217. The average molecular weight is 520 g/mol. The largest absolute Gasteiger partial charge is 0.435 e. The lowest BCUT2D eigenvalue weighted by Crippen LogP contribution is -2.37. The predicted molar refractivity (Wildman–Crippen MR) is 125 cm³/mol. The number of nitrogens with zero attached hydrogens (tertiary/aromatic N) is 4. The quantitative estimate of drug-likeness (QED) is 0.379. The summed E-state index contributed by atoms with van der Waals surface area (Å²) in [5, 5.41) is 2.61. The fourth-order valence-corrected chi connectivity index (χ4v) is 4.67. The molecule has 4 aromatic rings. The molecule has 0 aliphatic carbocycles. The molecular formula is C23H20F3N5O4S. The zero-order chi connectivity index (χ0) is 26.0. The van der Waals surface area contributed by atoms with E-state index in [1.165, 1.54) is 35.0 Å². The van der Waals surface area contributed by atoms with Crippen molar-refractivity contribution in [2.75, 3.05) is 12.0 Å². The maximum atomic E-state index is 13.4. The number of hydrogen-bond donors (Lipinski definition) is 1. The summed E-state index contributed by atoms with van der Waals surface area (Å²) in [5.74, 6) is -1.42. The van der Waals surface area contributed by atoms with Crippen molar-refractivity contribution in [1.82, 2.24) is 24.8 Å². The van der Waals surface area contributed by atoms with E-state index in [0.717, 1.165) is 18.6 Å². The van der Waals surface area contributed by atoms with Gasteiger partial charge in [-0.05, 0) is 30.7 Å². The number of alkyl halides is 2. The number of amides is 1. The van der Waals surface area contributed by atoms with E-state index in [0.29, 0.717) is 22.2 Å². The summed E-state index contributed by atoms with van der Waals surface area (Å²) >= 11 is 0. The Balaban J connectivity index is 1.80. The highest BCUT2D eigenvalue weighted by atomic mass is 32.2. The van der Waals surface area contributed by atoms with Crippen molar-refractivity contribution in [3.63, 3.8) is 0 Å². The Bertz CT molecular complexity index is 1520. The number of carbonyl (C=O) groups is 1. The third-order valence-electron chi connectivity index (χ3n) is 5.03. The number of ether oxygens (including phenoxy) is 1. The van der Waals surface area contributed by atoms with Crippen molar-refractivity contribution in [2.45, 2.75) is 19.6 Å². The molecule has 0 radical (unpaired) electrons. The van der Waals surface area contributed by atoms with E-state index in [2.05, 4.69) is 25.0 Å². The number of pyridine rings is 1. The molecule has 4 rings (SSSR count). The number of fused-ring (bicyclic) bond motifs is 1. The number of sulfone groups is 1. The van der Waals surface area contributed by atoms with Gasteiger partial charge in [0, 0.05) is 30.3 Å². The maximum Gasteiger partial charge on any atom is 0.387 e. The molecule has 13 heteroatoms. The lowest BCUT2D eigenvalue weighted by molar-refractivity contribution is -0.0498. The van der Waals surface area contributed by atoms with Gasteiger partial charge in [-0.2, -0.15) is 8.78 Å². The van der Waals surface area contributed by atoms with Crippen LogP contribution in [0.2, 0.25) is 0 Å². The van der Waals surface area contributed by atoms with Crippen molar-refractivity contribution in [2.24, 2.45) is 0 Å². The van der Waals surface area contributed by atoms with E-state index >= 15 is 0 Å². The van der Waals surface area contributed by atoms with E-state index in [9.17, 15) is 26.4 Å². The summed E-state index contributed by atoms with van der Waals surface area (Å²) in [7, 11) is -3.31. The molecule has 3 heterocycles. The first-order valence-electron chi connectivity index (χ1n) is 10.5. The molecule has 0 fully saturated rings. The lowest BCUT2D eigenvalue weighted by Gasteiger charge is -2.13. The van der Waals surface area contributed by atoms with E-state index in [1.807, 2.05) is 0 Å². The zero-order valence-electron chi connectivity index (χ0n) is 19.0. The normalized spacial score (nSPS) is 12.6. The van der Waals surface area contributed by atoms with Gasteiger partial charge in [-0.25, -0.2) is 22.8 Å². The van der Waals surface area contributed by atoms with Gasteiger partial charge in [-0.15, -0.1) is 0 Å². The third kappa shape index (κ3) is 5.79. The number of halogens is 3. The Kier molecular flexibility index (Phi) is 6.93. The van der Waals surface area contributed by atoms with Gasteiger partial charge in [0.05, 0.1) is 34.7 Å². The molecule has 1 atom stereocenters. The van der Waals surface area contributed by atoms with Crippen LogP contribution >= 0.6 is 0 Å². The van der Waals surface area contributed by atoms with Gasteiger partial charge in [-0.1, -0.05) is 12.1 Å². The third-order valence-corrected chi connectivity index (χ3v) is 6.13. The average Bonchev–Trinajstić information content (AvgIpc) is 3.17. The molecule has 0 saturated carbocycles. The smallest absolute Gasteiger partial charge is 0.387 e. The van der Waals surface area contributed by atoms with Crippen LogP contribution in [0.4, 0.5) is 13.2 Å². The van der Waals surface area contributed by atoms with Gasteiger partial charge in [0.15, 0.2) is 5.82 Å².